The quantitative estimate of drug-likeness (QED) is 0.740. The van der Waals surface area contributed by atoms with E-state index in [-0.39, 0.29) is 24.4 Å². The Labute approximate surface area is 144 Å². The maximum atomic E-state index is 12.2. The van der Waals surface area contributed by atoms with Gasteiger partial charge >= 0.3 is 0 Å². The number of nitrogens with zero attached hydrogens (tertiary/aromatic N) is 2. The lowest BCUT2D eigenvalue weighted by Gasteiger charge is -2.28. The number of hydrogen-bond donors (Lipinski definition) is 2. The van der Waals surface area contributed by atoms with Gasteiger partial charge in [-0.05, 0) is 25.8 Å². The first-order valence-electron chi connectivity index (χ1n) is 8.17. The van der Waals surface area contributed by atoms with Crippen LogP contribution >= 0.6 is 12.4 Å². The van der Waals surface area contributed by atoms with E-state index in [4.69, 9.17) is 4.74 Å². The van der Waals surface area contributed by atoms with Gasteiger partial charge in [-0.1, -0.05) is 19.8 Å². The Morgan fingerprint density at radius 2 is 2.22 bits per heavy atom. The Kier molecular flexibility index (Phi) is 8.58. The van der Waals surface area contributed by atoms with Crippen molar-refractivity contribution in [2.45, 2.75) is 44.8 Å². The normalized spacial score (nSPS) is 22.2. The van der Waals surface area contributed by atoms with Crippen molar-refractivity contribution in [2.75, 3.05) is 20.2 Å². The van der Waals surface area contributed by atoms with Gasteiger partial charge in [0.05, 0.1) is 18.9 Å². The summed E-state index contributed by atoms with van der Waals surface area (Å²) in [7, 11) is 3.62. The second-order valence-corrected chi connectivity index (χ2v) is 6.13. The molecule has 1 aromatic rings. The maximum Gasteiger partial charge on any atom is 0.241 e. The second kappa shape index (κ2) is 9.90. The van der Waals surface area contributed by atoms with Gasteiger partial charge in [0.2, 0.25) is 5.91 Å². The highest BCUT2D eigenvalue weighted by Crippen LogP contribution is 2.25. The number of rotatable bonds is 7. The first-order chi connectivity index (χ1) is 10.6. The first kappa shape index (κ1) is 19.9. The van der Waals surface area contributed by atoms with Crippen LogP contribution in [0.4, 0.5) is 0 Å². The summed E-state index contributed by atoms with van der Waals surface area (Å²) in [6, 6.07) is -0.373. The highest BCUT2D eigenvalue weighted by Gasteiger charge is 2.22. The lowest BCUT2D eigenvalue weighted by Crippen LogP contribution is -2.38. The van der Waals surface area contributed by atoms with Gasteiger partial charge in [-0.15, -0.1) is 12.4 Å². The molecule has 1 aromatic heterocycles. The molecule has 132 valence electrons. The monoisotopic (exact) mass is 344 g/mol. The molecular weight excluding hydrogens is 316 g/mol. The summed E-state index contributed by atoms with van der Waals surface area (Å²) < 4.78 is 7.61. The predicted octanol–water partition coefficient (Wildman–Crippen LogP) is 1.81. The predicted molar refractivity (Wildman–Crippen MR) is 92.6 cm³/mol. The number of aryl methyl sites for hydroxylation is 1. The second-order valence-electron chi connectivity index (χ2n) is 6.13. The van der Waals surface area contributed by atoms with Crippen LogP contribution in [0.1, 0.15) is 44.2 Å². The zero-order valence-corrected chi connectivity index (χ0v) is 15.1. The Hall–Kier alpha value is -1.11. The average Bonchev–Trinajstić information content (AvgIpc) is 2.92. The van der Waals surface area contributed by atoms with E-state index in [2.05, 4.69) is 22.7 Å². The number of amides is 1. The lowest BCUT2D eigenvalue weighted by molar-refractivity contribution is -0.123. The number of nitrogens with one attached hydrogen (secondary N) is 2. The minimum absolute atomic E-state index is 0. The van der Waals surface area contributed by atoms with Gasteiger partial charge in [-0.3, -0.25) is 9.48 Å². The fourth-order valence-electron chi connectivity index (χ4n) is 3.05. The Morgan fingerprint density at radius 1 is 1.48 bits per heavy atom. The molecule has 3 unspecified atom stereocenters. The topological polar surface area (TPSA) is 68.2 Å². The van der Waals surface area contributed by atoms with Gasteiger partial charge in [-0.2, -0.15) is 5.10 Å². The Morgan fingerprint density at radius 3 is 2.83 bits per heavy atom. The summed E-state index contributed by atoms with van der Waals surface area (Å²) in [6.45, 7) is 3.37. The van der Waals surface area contributed by atoms with Gasteiger partial charge in [-0.25, -0.2) is 0 Å². The largest absolute Gasteiger partial charge is 0.376 e. The minimum Gasteiger partial charge on any atom is -0.376 e. The Bertz CT molecular complexity index is 480. The van der Waals surface area contributed by atoms with Gasteiger partial charge < -0.3 is 15.4 Å². The van der Waals surface area contributed by atoms with E-state index in [1.807, 2.05) is 13.2 Å². The molecule has 1 heterocycles. The highest BCUT2D eigenvalue weighted by molar-refractivity contribution is 5.85. The molecule has 1 aliphatic rings. The van der Waals surface area contributed by atoms with Crippen LogP contribution in [0.15, 0.2) is 12.4 Å². The van der Waals surface area contributed by atoms with Crippen LogP contribution in [0.2, 0.25) is 0 Å². The van der Waals surface area contributed by atoms with E-state index in [1.54, 1.807) is 17.9 Å². The van der Waals surface area contributed by atoms with Crippen LogP contribution in [0.25, 0.3) is 0 Å². The number of halogens is 1. The summed E-state index contributed by atoms with van der Waals surface area (Å²) in [5, 5.41) is 10.1. The summed E-state index contributed by atoms with van der Waals surface area (Å²) in [5.74, 6) is 0.584. The lowest BCUT2D eigenvalue weighted by atomic mass is 9.88. The van der Waals surface area contributed by atoms with Crippen molar-refractivity contribution in [3.63, 3.8) is 0 Å². The molecule has 3 atom stereocenters. The molecule has 2 rings (SSSR count). The molecule has 2 N–H and O–H groups in total. The number of likely N-dealkylation sites (N-methyl/N-ethyl adjacent to an activating group) is 1. The van der Waals surface area contributed by atoms with Gasteiger partial charge in [0, 0.05) is 25.4 Å². The van der Waals surface area contributed by atoms with Crippen molar-refractivity contribution < 1.29 is 9.53 Å². The summed E-state index contributed by atoms with van der Waals surface area (Å²) >= 11 is 0. The van der Waals surface area contributed by atoms with Crippen molar-refractivity contribution in [3.8, 4) is 0 Å². The SMILES string of the molecule is CNC(C(=O)NCCOC1CCCCC1C)c1cnn(C)c1.Cl. The molecule has 0 bridgehead atoms. The Balaban J connectivity index is 0.00000264. The van der Waals surface area contributed by atoms with Crippen molar-refractivity contribution >= 4 is 18.3 Å². The number of aromatic nitrogens is 2. The summed E-state index contributed by atoms with van der Waals surface area (Å²) in [6.07, 6.45) is 8.87. The maximum absolute atomic E-state index is 12.2. The summed E-state index contributed by atoms with van der Waals surface area (Å²) in [5.41, 5.74) is 0.865. The fraction of sp³-hybridized carbons (Fsp3) is 0.750. The number of ether oxygens (including phenoxy) is 1. The van der Waals surface area contributed by atoms with Crippen molar-refractivity contribution in [3.05, 3.63) is 18.0 Å². The van der Waals surface area contributed by atoms with Gasteiger partial charge in [0.15, 0.2) is 0 Å². The smallest absolute Gasteiger partial charge is 0.241 e. The third-order valence-electron chi connectivity index (χ3n) is 4.38. The molecule has 1 fully saturated rings. The third-order valence-corrected chi connectivity index (χ3v) is 4.38. The molecule has 7 heteroatoms. The minimum atomic E-state index is -0.373. The molecule has 0 aromatic carbocycles. The molecule has 0 aliphatic heterocycles. The number of carbonyl (C=O) groups is 1. The van der Waals surface area contributed by atoms with E-state index in [9.17, 15) is 4.79 Å². The van der Waals surface area contributed by atoms with Crippen LogP contribution in [-0.2, 0) is 16.6 Å². The molecule has 1 saturated carbocycles. The van der Waals surface area contributed by atoms with Crippen LogP contribution in [0.5, 0.6) is 0 Å². The standard InChI is InChI=1S/C16H28N4O2.ClH/c1-12-6-4-5-7-14(12)22-9-8-18-16(21)15(17-2)13-10-19-20(3)11-13;/h10-12,14-15,17H,4-9H2,1-3H3,(H,18,21);1H. The van der Waals surface area contributed by atoms with Crippen LogP contribution in [-0.4, -0.2) is 42.0 Å². The van der Waals surface area contributed by atoms with Gasteiger partial charge in [0.25, 0.3) is 0 Å². The highest BCUT2D eigenvalue weighted by atomic mass is 35.5. The van der Waals surface area contributed by atoms with E-state index in [0.29, 0.717) is 25.2 Å². The van der Waals surface area contributed by atoms with Crippen molar-refractivity contribution in [2.24, 2.45) is 13.0 Å². The van der Waals surface area contributed by atoms with Crippen LogP contribution < -0.4 is 10.6 Å². The van der Waals surface area contributed by atoms with E-state index < -0.39 is 0 Å². The van der Waals surface area contributed by atoms with E-state index >= 15 is 0 Å². The van der Waals surface area contributed by atoms with Gasteiger partial charge in [0.1, 0.15) is 6.04 Å². The zero-order valence-electron chi connectivity index (χ0n) is 14.2. The molecule has 1 aliphatic carbocycles. The van der Waals surface area contributed by atoms with Crippen molar-refractivity contribution in [1.82, 2.24) is 20.4 Å². The third kappa shape index (κ3) is 5.79. The van der Waals surface area contributed by atoms with E-state index in [1.165, 1.54) is 19.3 Å². The fourth-order valence-corrected chi connectivity index (χ4v) is 3.05. The average molecular weight is 345 g/mol. The first-order valence-corrected chi connectivity index (χ1v) is 8.17. The van der Waals surface area contributed by atoms with Crippen LogP contribution in [0, 0.1) is 5.92 Å². The zero-order chi connectivity index (χ0) is 15.9. The van der Waals surface area contributed by atoms with Crippen LogP contribution in [0.3, 0.4) is 0 Å². The summed E-state index contributed by atoms with van der Waals surface area (Å²) in [4.78, 5) is 12.2. The number of hydrogen-bond acceptors (Lipinski definition) is 4. The molecule has 23 heavy (non-hydrogen) atoms. The molecule has 6 nitrogen and oxygen atoms in total. The molecule has 1 amide bonds. The number of carbonyl (C=O) groups excluding carboxylic acids is 1. The molecule has 0 radical (unpaired) electrons. The van der Waals surface area contributed by atoms with Crippen molar-refractivity contribution in [1.29, 1.82) is 0 Å². The van der Waals surface area contributed by atoms with E-state index in [0.717, 1.165) is 12.0 Å². The molecule has 0 spiro atoms. The molecular formula is C16H29ClN4O2. The molecule has 0 saturated heterocycles.